The first kappa shape index (κ1) is 21.7. The summed E-state index contributed by atoms with van der Waals surface area (Å²) in [5, 5.41) is 3.05. The van der Waals surface area contributed by atoms with E-state index in [0.717, 1.165) is 10.6 Å². The first-order chi connectivity index (χ1) is 13.6. The zero-order chi connectivity index (χ0) is 21.2. The molecule has 2 heterocycles. The molecule has 1 saturated heterocycles. The number of amides is 1. The Morgan fingerprint density at radius 2 is 2.03 bits per heavy atom. The third kappa shape index (κ3) is 5.15. The zero-order valence-electron chi connectivity index (χ0n) is 18.0. The van der Waals surface area contributed by atoms with Gasteiger partial charge in [-0.15, -0.1) is 0 Å². The number of hydrogen-bond donors (Lipinski definition) is 0. The molecular weight excluding hydrogens is 388 g/mol. The SMILES string of the molecule is C[n+]1ccsc1[C@@H](OCc1ccccc1)[C@@H]1COC(C)(C)N1C(=O)OC(C)(C)C. The fourth-order valence-corrected chi connectivity index (χ4v) is 4.41. The quantitative estimate of drug-likeness (QED) is 0.682. The molecule has 1 amide bonds. The van der Waals surface area contributed by atoms with Crippen LogP contribution >= 0.6 is 11.3 Å². The van der Waals surface area contributed by atoms with E-state index in [1.807, 2.05) is 88.1 Å². The van der Waals surface area contributed by atoms with Gasteiger partial charge in [0.2, 0.25) is 0 Å². The van der Waals surface area contributed by atoms with Gasteiger partial charge in [-0.25, -0.2) is 4.79 Å². The molecule has 1 fully saturated rings. The molecule has 2 atom stereocenters. The summed E-state index contributed by atoms with van der Waals surface area (Å²) < 4.78 is 20.2. The van der Waals surface area contributed by atoms with Gasteiger partial charge in [0.25, 0.3) is 5.01 Å². The Morgan fingerprint density at radius 3 is 2.62 bits per heavy atom. The van der Waals surface area contributed by atoms with Crippen molar-refractivity contribution in [2.24, 2.45) is 7.05 Å². The van der Waals surface area contributed by atoms with Gasteiger partial charge >= 0.3 is 6.09 Å². The maximum Gasteiger partial charge on any atom is 0.413 e. The van der Waals surface area contributed by atoms with Crippen LogP contribution in [-0.2, 0) is 27.9 Å². The van der Waals surface area contributed by atoms with E-state index in [9.17, 15) is 4.79 Å². The largest absolute Gasteiger partial charge is 0.444 e. The van der Waals surface area contributed by atoms with E-state index in [1.165, 1.54) is 0 Å². The minimum Gasteiger partial charge on any atom is -0.444 e. The maximum atomic E-state index is 13.1. The Balaban J connectivity index is 1.90. The third-order valence-electron chi connectivity index (χ3n) is 4.80. The topological polar surface area (TPSA) is 51.9 Å². The standard InChI is InChI=1S/C22H31N2O4S/c1-21(2,3)28-20(25)24-17(15-27-22(24,4)5)18(19-23(6)12-13-29-19)26-14-16-10-8-7-9-11-16/h7-13,17-18H,14-15H2,1-6H3/q+1/t17-,18-/m0/s1. The number of rotatable bonds is 5. The molecule has 0 radical (unpaired) electrons. The van der Waals surface area contributed by atoms with Gasteiger partial charge in [-0.05, 0) is 40.2 Å². The van der Waals surface area contributed by atoms with E-state index >= 15 is 0 Å². The highest BCUT2D eigenvalue weighted by atomic mass is 32.1. The summed E-state index contributed by atoms with van der Waals surface area (Å²) in [6.07, 6.45) is 1.27. The normalized spacial score (nSPS) is 19.9. The van der Waals surface area contributed by atoms with Gasteiger partial charge in [0.1, 0.15) is 18.4 Å². The van der Waals surface area contributed by atoms with Crippen molar-refractivity contribution in [1.29, 1.82) is 0 Å². The molecule has 0 aliphatic carbocycles. The minimum absolute atomic E-state index is 0.298. The average Bonchev–Trinajstić information content (AvgIpc) is 3.18. The second-order valence-electron chi connectivity index (χ2n) is 8.74. The molecule has 0 N–H and O–H groups in total. The van der Waals surface area contributed by atoms with E-state index in [1.54, 1.807) is 16.2 Å². The maximum absolute atomic E-state index is 13.1. The van der Waals surface area contributed by atoms with E-state index in [4.69, 9.17) is 14.2 Å². The molecule has 1 aliphatic rings. The van der Waals surface area contributed by atoms with Crippen LogP contribution in [0.25, 0.3) is 0 Å². The molecule has 158 valence electrons. The van der Waals surface area contributed by atoms with Crippen LogP contribution in [0.4, 0.5) is 4.79 Å². The molecule has 1 aliphatic heterocycles. The fourth-order valence-electron chi connectivity index (χ4n) is 3.44. The molecule has 0 spiro atoms. The number of ether oxygens (including phenoxy) is 3. The van der Waals surface area contributed by atoms with E-state index in [0.29, 0.717) is 13.2 Å². The van der Waals surface area contributed by atoms with E-state index in [2.05, 4.69) is 0 Å². The number of thiazole rings is 1. The number of carbonyl (C=O) groups is 1. The van der Waals surface area contributed by atoms with E-state index in [-0.39, 0.29) is 12.1 Å². The van der Waals surface area contributed by atoms with Gasteiger partial charge in [0.05, 0.1) is 24.6 Å². The molecule has 7 heteroatoms. The van der Waals surface area contributed by atoms with Crippen molar-refractivity contribution in [3.05, 3.63) is 52.5 Å². The summed E-state index contributed by atoms with van der Waals surface area (Å²) in [5.41, 5.74) is -0.287. The summed E-state index contributed by atoms with van der Waals surface area (Å²) in [6.45, 7) is 10.2. The average molecular weight is 420 g/mol. The van der Waals surface area contributed by atoms with Crippen molar-refractivity contribution in [3.63, 3.8) is 0 Å². The number of carbonyl (C=O) groups excluding carboxylic acids is 1. The highest BCUT2D eigenvalue weighted by Crippen LogP contribution is 2.37. The Morgan fingerprint density at radius 1 is 1.34 bits per heavy atom. The van der Waals surface area contributed by atoms with Crippen LogP contribution < -0.4 is 4.57 Å². The molecule has 29 heavy (non-hydrogen) atoms. The molecule has 1 aromatic carbocycles. The highest BCUT2D eigenvalue weighted by Gasteiger charge is 2.51. The molecule has 6 nitrogen and oxygen atoms in total. The molecule has 0 saturated carbocycles. The first-order valence-corrected chi connectivity index (χ1v) is 10.7. The first-order valence-electron chi connectivity index (χ1n) is 9.83. The lowest BCUT2D eigenvalue weighted by Gasteiger charge is -2.36. The van der Waals surface area contributed by atoms with Crippen molar-refractivity contribution in [1.82, 2.24) is 4.90 Å². The van der Waals surface area contributed by atoms with Crippen LogP contribution in [0.5, 0.6) is 0 Å². The second-order valence-corrected chi connectivity index (χ2v) is 9.67. The molecule has 1 aromatic heterocycles. The summed E-state index contributed by atoms with van der Waals surface area (Å²) in [7, 11) is 1.99. The smallest absolute Gasteiger partial charge is 0.413 e. The highest BCUT2D eigenvalue weighted by molar-refractivity contribution is 7.09. The fraction of sp³-hybridized carbons (Fsp3) is 0.545. The van der Waals surface area contributed by atoms with Gasteiger partial charge in [0, 0.05) is 0 Å². The van der Waals surface area contributed by atoms with Gasteiger partial charge in [-0.1, -0.05) is 41.7 Å². The van der Waals surface area contributed by atoms with Crippen LogP contribution in [-0.4, -0.2) is 35.0 Å². The van der Waals surface area contributed by atoms with Crippen LogP contribution in [0.3, 0.4) is 0 Å². The van der Waals surface area contributed by atoms with Gasteiger partial charge in [-0.3, -0.25) is 4.90 Å². The predicted molar refractivity (Wildman–Crippen MR) is 111 cm³/mol. The third-order valence-corrected chi connectivity index (χ3v) is 5.82. The van der Waals surface area contributed by atoms with Crippen LogP contribution in [0, 0.1) is 0 Å². The molecule has 3 rings (SSSR count). The predicted octanol–water partition coefficient (Wildman–Crippen LogP) is 4.20. The zero-order valence-corrected chi connectivity index (χ0v) is 18.9. The molecule has 0 bridgehead atoms. The summed E-state index contributed by atoms with van der Waals surface area (Å²) in [6, 6.07) is 9.74. The van der Waals surface area contributed by atoms with Gasteiger partial charge in [-0.2, -0.15) is 4.57 Å². The number of nitrogens with zero attached hydrogens (tertiary/aromatic N) is 2. The minimum atomic E-state index is -0.781. The van der Waals surface area contributed by atoms with Crippen molar-refractivity contribution in [3.8, 4) is 0 Å². The van der Waals surface area contributed by atoms with Crippen molar-refractivity contribution in [2.75, 3.05) is 6.61 Å². The van der Waals surface area contributed by atoms with Gasteiger partial charge in [0.15, 0.2) is 12.3 Å². The lowest BCUT2D eigenvalue weighted by atomic mass is 10.1. The van der Waals surface area contributed by atoms with Crippen molar-refractivity contribution < 1.29 is 23.6 Å². The van der Waals surface area contributed by atoms with Gasteiger partial charge < -0.3 is 14.2 Å². The van der Waals surface area contributed by atoms with E-state index < -0.39 is 17.4 Å². The van der Waals surface area contributed by atoms with Crippen LogP contribution in [0.2, 0.25) is 0 Å². The number of hydrogen-bond acceptors (Lipinski definition) is 5. The lowest BCUT2D eigenvalue weighted by Crippen LogP contribution is -2.52. The monoisotopic (exact) mass is 419 g/mol. The number of aryl methyl sites for hydroxylation is 1. The summed E-state index contributed by atoms with van der Waals surface area (Å²) in [4.78, 5) is 14.8. The molecular formula is C22H31N2O4S+. The van der Waals surface area contributed by atoms with Crippen LogP contribution in [0.15, 0.2) is 41.9 Å². The Labute approximate surface area is 177 Å². The van der Waals surface area contributed by atoms with Crippen molar-refractivity contribution in [2.45, 2.75) is 64.7 Å². The summed E-state index contributed by atoms with van der Waals surface area (Å²) in [5.74, 6) is 0. The molecule has 0 unspecified atom stereocenters. The van der Waals surface area contributed by atoms with Crippen molar-refractivity contribution >= 4 is 17.4 Å². The number of aromatic nitrogens is 1. The number of benzene rings is 1. The Kier molecular flexibility index (Phi) is 6.31. The van der Waals surface area contributed by atoms with Crippen LogP contribution in [0.1, 0.15) is 51.3 Å². The lowest BCUT2D eigenvalue weighted by molar-refractivity contribution is -0.678. The molecule has 2 aromatic rings. The Bertz CT molecular complexity index is 829. The Hall–Kier alpha value is -1.96. The second kappa shape index (κ2) is 8.42. The summed E-state index contributed by atoms with van der Waals surface area (Å²) >= 11 is 1.61.